The number of hydrogen-bond acceptors (Lipinski definition) is 3. The lowest BCUT2D eigenvalue weighted by molar-refractivity contribution is 0.251. The van der Waals surface area contributed by atoms with Crippen LogP contribution in [0.15, 0.2) is 54.6 Å². The van der Waals surface area contributed by atoms with Crippen molar-refractivity contribution in [1.82, 2.24) is 15.1 Å². The average Bonchev–Trinajstić information content (AvgIpc) is 2.98. The molecule has 0 saturated carbocycles. The number of nitrogens with zero attached hydrogens (tertiary/aromatic N) is 2. The van der Waals surface area contributed by atoms with Crippen LogP contribution in [0.2, 0.25) is 0 Å². The van der Waals surface area contributed by atoms with Gasteiger partial charge in [-0.25, -0.2) is 9.48 Å². The average molecular weight is 350 g/mol. The molecule has 2 amide bonds. The van der Waals surface area contributed by atoms with Gasteiger partial charge in [-0.3, -0.25) is 0 Å². The number of nitrogens with one attached hydrogen (secondary N) is 2. The first-order chi connectivity index (χ1) is 12.6. The molecular weight excluding hydrogens is 328 g/mol. The van der Waals surface area contributed by atoms with Crippen LogP contribution in [0.4, 0.5) is 10.5 Å². The van der Waals surface area contributed by atoms with Crippen LogP contribution in [-0.2, 0) is 6.54 Å². The predicted octanol–water partition coefficient (Wildman–Crippen LogP) is 3.82. The Bertz CT molecular complexity index is 918. The standard InChI is InChI=1S/C20H22N4O2/c1-14-11-15(2)24(23-14)19-10-5-4-9-18(19)22-20(25)21-13-16-7-6-8-17(12-16)26-3/h4-12H,13H2,1-3H3,(H2,21,22,25). The zero-order valence-corrected chi connectivity index (χ0v) is 15.1. The second-order valence-electron chi connectivity index (χ2n) is 6.02. The van der Waals surface area contributed by atoms with E-state index in [0.29, 0.717) is 12.2 Å². The summed E-state index contributed by atoms with van der Waals surface area (Å²) in [5, 5.41) is 10.3. The molecule has 0 atom stereocenters. The lowest BCUT2D eigenvalue weighted by Gasteiger charge is -2.13. The molecule has 3 aromatic rings. The molecule has 0 spiro atoms. The monoisotopic (exact) mass is 350 g/mol. The van der Waals surface area contributed by atoms with Crippen LogP contribution in [0.5, 0.6) is 5.75 Å². The van der Waals surface area contributed by atoms with E-state index in [1.54, 1.807) is 7.11 Å². The van der Waals surface area contributed by atoms with Crippen molar-refractivity contribution in [3.63, 3.8) is 0 Å². The third-order valence-electron chi connectivity index (χ3n) is 3.98. The van der Waals surface area contributed by atoms with Gasteiger partial charge in [-0.05, 0) is 49.7 Å². The Balaban J connectivity index is 1.71. The number of methoxy groups -OCH3 is 1. The first kappa shape index (κ1) is 17.5. The Morgan fingerprint density at radius 1 is 1.12 bits per heavy atom. The number of rotatable bonds is 5. The van der Waals surface area contributed by atoms with Gasteiger partial charge in [0.25, 0.3) is 0 Å². The number of ether oxygens (including phenoxy) is 1. The summed E-state index contributed by atoms with van der Waals surface area (Å²) < 4.78 is 7.02. The summed E-state index contributed by atoms with van der Waals surface area (Å²) in [6, 6.07) is 16.9. The van der Waals surface area contributed by atoms with E-state index < -0.39 is 0 Å². The van der Waals surface area contributed by atoms with Gasteiger partial charge in [-0.2, -0.15) is 5.10 Å². The number of aromatic nitrogens is 2. The third kappa shape index (κ3) is 4.03. The van der Waals surface area contributed by atoms with E-state index in [1.807, 2.05) is 73.1 Å². The highest BCUT2D eigenvalue weighted by atomic mass is 16.5. The van der Waals surface area contributed by atoms with Crippen molar-refractivity contribution in [3.05, 3.63) is 71.5 Å². The number of para-hydroxylation sites is 2. The molecule has 0 radical (unpaired) electrons. The van der Waals surface area contributed by atoms with Gasteiger partial charge in [-0.1, -0.05) is 24.3 Å². The molecule has 2 N–H and O–H groups in total. The van der Waals surface area contributed by atoms with Crippen LogP contribution in [-0.4, -0.2) is 22.9 Å². The highest BCUT2D eigenvalue weighted by Crippen LogP contribution is 2.21. The van der Waals surface area contributed by atoms with E-state index in [4.69, 9.17) is 4.74 Å². The highest BCUT2D eigenvalue weighted by molar-refractivity contribution is 5.91. The number of benzene rings is 2. The topological polar surface area (TPSA) is 68.2 Å². The van der Waals surface area contributed by atoms with Gasteiger partial charge in [0.05, 0.1) is 24.2 Å². The summed E-state index contributed by atoms with van der Waals surface area (Å²) in [4.78, 5) is 12.3. The second kappa shape index (κ2) is 7.74. The minimum absolute atomic E-state index is 0.276. The first-order valence-electron chi connectivity index (χ1n) is 8.37. The van der Waals surface area contributed by atoms with Crippen molar-refractivity contribution in [1.29, 1.82) is 0 Å². The molecule has 2 aromatic carbocycles. The number of hydrogen-bond donors (Lipinski definition) is 2. The molecule has 26 heavy (non-hydrogen) atoms. The van der Waals surface area contributed by atoms with Crippen molar-refractivity contribution in [3.8, 4) is 11.4 Å². The zero-order chi connectivity index (χ0) is 18.5. The maximum atomic E-state index is 12.3. The maximum absolute atomic E-state index is 12.3. The second-order valence-corrected chi connectivity index (χ2v) is 6.02. The highest BCUT2D eigenvalue weighted by Gasteiger charge is 2.11. The molecule has 0 saturated heterocycles. The number of aryl methyl sites for hydroxylation is 2. The summed E-state index contributed by atoms with van der Waals surface area (Å²) in [6.45, 7) is 4.34. The molecule has 6 nitrogen and oxygen atoms in total. The molecule has 3 rings (SSSR count). The van der Waals surface area contributed by atoms with Crippen molar-refractivity contribution >= 4 is 11.7 Å². The van der Waals surface area contributed by atoms with E-state index in [2.05, 4.69) is 15.7 Å². The third-order valence-corrected chi connectivity index (χ3v) is 3.98. The van der Waals surface area contributed by atoms with Gasteiger partial charge in [0.1, 0.15) is 5.75 Å². The normalized spacial score (nSPS) is 10.4. The molecule has 0 fully saturated rings. The van der Waals surface area contributed by atoms with Crippen LogP contribution < -0.4 is 15.4 Å². The van der Waals surface area contributed by atoms with Gasteiger partial charge in [-0.15, -0.1) is 0 Å². The molecule has 0 aliphatic rings. The molecule has 0 aliphatic heterocycles. The Labute approximate surface area is 152 Å². The smallest absolute Gasteiger partial charge is 0.319 e. The molecule has 6 heteroatoms. The van der Waals surface area contributed by atoms with Crippen molar-refractivity contribution in [2.24, 2.45) is 0 Å². The van der Waals surface area contributed by atoms with E-state index >= 15 is 0 Å². The fourth-order valence-electron chi connectivity index (χ4n) is 2.77. The SMILES string of the molecule is COc1cccc(CNC(=O)Nc2ccccc2-n2nc(C)cc2C)c1. The first-order valence-corrected chi connectivity index (χ1v) is 8.37. The molecule has 0 bridgehead atoms. The van der Waals surface area contributed by atoms with E-state index in [9.17, 15) is 4.79 Å². The van der Waals surface area contributed by atoms with Crippen LogP contribution >= 0.6 is 0 Å². The van der Waals surface area contributed by atoms with Gasteiger partial charge in [0, 0.05) is 12.2 Å². The van der Waals surface area contributed by atoms with E-state index in [1.165, 1.54) is 0 Å². The van der Waals surface area contributed by atoms with Crippen LogP contribution in [0.3, 0.4) is 0 Å². The molecule has 1 heterocycles. The summed E-state index contributed by atoms with van der Waals surface area (Å²) >= 11 is 0. The predicted molar refractivity (Wildman–Crippen MR) is 102 cm³/mol. The van der Waals surface area contributed by atoms with Crippen LogP contribution in [0, 0.1) is 13.8 Å². The minimum Gasteiger partial charge on any atom is -0.497 e. The molecule has 134 valence electrons. The van der Waals surface area contributed by atoms with Crippen molar-refractivity contribution in [2.75, 3.05) is 12.4 Å². The number of carbonyl (C=O) groups is 1. The zero-order valence-electron chi connectivity index (χ0n) is 15.1. The van der Waals surface area contributed by atoms with E-state index in [-0.39, 0.29) is 6.03 Å². The minimum atomic E-state index is -0.276. The summed E-state index contributed by atoms with van der Waals surface area (Å²) in [5.74, 6) is 0.764. The van der Waals surface area contributed by atoms with Gasteiger partial charge < -0.3 is 15.4 Å². The number of amides is 2. The molecule has 0 unspecified atom stereocenters. The van der Waals surface area contributed by atoms with Crippen LogP contribution in [0.1, 0.15) is 17.0 Å². The molecule has 1 aromatic heterocycles. The van der Waals surface area contributed by atoms with E-state index in [0.717, 1.165) is 28.4 Å². The van der Waals surface area contributed by atoms with Gasteiger partial charge >= 0.3 is 6.03 Å². The molecule has 0 aliphatic carbocycles. The largest absolute Gasteiger partial charge is 0.497 e. The Morgan fingerprint density at radius 2 is 1.92 bits per heavy atom. The lowest BCUT2D eigenvalue weighted by Crippen LogP contribution is -2.28. The van der Waals surface area contributed by atoms with Crippen molar-refractivity contribution < 1.29 is 9.53 Å². The summed E-state index contributed by atoms with van der Waals surface area (Å²) in [7, 11) is 1.62. The van der Waals surface area contributed by atoms with Crippen molar-refractivity contribution in [2.45, 2.75) is 20.4 Å². The Hall–Kier alpha value is -3.28. The number of urea groups is 1. The quantitative estimate of drug-likeness (QED) is 0.735. The maximum Gasteiger partial charge on any atom is 0.319 e. The number of carbonyl (C=O) groups excluding carboxylic acids is 1. The lowest BCUT2D eigenvalue weighted by atomic mass is 10.2. The fraction of sp³-hybridized carbons (Fsp3) is 0.200. The van der Waals surface area contributed by atoms with Crippen LogP contribution in [0.25, 0.3) is 5.69 Å². The molecular formula is C20H22N4O2. The summed E-state index contributed by atoms with van der Waals surface area (Å²) in [5.41, 5.74) is 4.43. The van der Waals surface area contributed by atoms with Gasteiger partial charge in [0.2, 0.25) is 0 Å². The fourth-order valence-corrected chi connectivity index (χ4v) is 2.77. The Morgan fingerprint density at radius 3 is 2.65 bits per heavy atom. The van der Waals surface area contributed by atoms with Gasteiger partial charge in [0.15, 0.2) is 0 Å². The number of anilines is 1. The Kier molecular flexibility index (Phi) is 5.22. The summed E-state index contributed by atoms with van der Waals surface area (Å²) in [6.07, 6.45) is 0.